The Morgan fingerprint density at radius 2 is 1.90 bits per heavy atom. The lowest BCUT2D eigenvalue weighted by Gasteiger charge is -2.28. The van der Waals surface area contributed by atoms with Crippen molar-refractivity contribution in [3.63, 3.8) is 0 Å². The zero-order valence-electron chi connectivity index (χ0n) is 18.0. The highest BCUT2D eigenvalue weighted by atomic mass is 79.9. The van der Waals surface area contributed by atoms with Crippen LogP contribution in [0.25, 0.3) is 0 Å². The summed E-state index contributed by atoms with van der Waals surface area (Å²) >= 11 is 3.46. The van der Waals surface area contributed by atoms with Gasteiger partial charge in [-0.15, -0.1) is 0 Å². The molecule has 0 aliphatic carbocycles. The Bertz CT molecular complexity index is 826. The lowest BCUT2D eigenvalue weighted by atomic mass is 10.1. The van der Waals surface area contributed by atoms with Gasteiger partial charge in [0.05, 0.1) is 0 Å². The van der Waals surface area contributed by atoms with Crippen molar-refractivity contribution in [2.45, 2.75) is 46.1 Å². The fourth-order valence-corrected chi connectivity index (χ4v) is 3.29. The lowest BCUT2D eigenvalue weighted by molar-refractivity contribution is -0.141. The summed E-state index contributed by atoms with van der Waals surface area (Å²) in [6.45, 7) is 6.78. The number of aryl methyl sites for hydroxylation is 1. The second-order valence-corrected chi connectivity index (χ2v) is 8.20. The standard InChI is InChI=1S/C24H31BrN2O3/c1-4-5-14-26-24(29)19(3)27(15-13-20-9-7-6-8-10-20)23(28)17-30-21-11-12-22(25)18(2)16-21/h6-12,16,19H,4-5,13-15,17H2,1-3H3,(H,26,29). The van der Waals surface area contributed by atoms with Gasteiger partial charge in [-0.2, -0.15) is 0 Å². The Labute approximate surface area is 187 Å². The maximum atomic E-state index is 13.0. The minimum Gasteiger partial charge on any atom is -0.484 e. The van der Waals surface area contributed by atoms with Crippen LogP contribution in [0.2, 0.25) is 0 Å². The summed E-state index contributed by atoms with van der Waals surface area (Å²) in [5.74, 6) is 0.293. The normalized spacial score (nSPS) is 11.6. The molecule has 30 heavy (non-hydrogen) atoms. The average molecular weight is 475 g/mol. The molecule has 0 heterocycles. The fraction of sp³-hybridized carbons (Fsp3) is 0.417. The minimum absolute atomic E-state index is 0.109. The van der Waals surface area contributed by atoms with E-state index in [1.807, 2.05) is 55.5 Å². The molecule has 0 radical (unpaired) electrons. The monoisotopic (exact) mass is 474 g/mol. The molecule has 2 aromatic carbocycles. The molecule has 0 spiro atoms. The van der Waals surface area contributed by atoms with Gasteiger partial charge in [0.15, 0.2) is 6.61 Å². The molecular formula is C24H31BrN2O3. The highest BCUT2D eigenvalue weighted by molar-refractivity contribution is 9.10. The van der Waals surface area contributed by atoms with Crippen LogP contribution in [0.1, 0.15) is 37.8 Å². The maximum Gasteiger partial charge on any atom is 0.261 e. The van der Waals surface area contributed by atoms with Gasteiger partial charge in [-0.3, -0.25) is 9.59 Å². The van der Waals surface area contributed by atoms with Crippen molar-refractivity contribution in [1.29, 1.82) is 0 Å². The number of nitrogens with one attached hydrogen (secondary N) is 1. The zero-order valence-corrected chi connectivity index (χ0v) is 19.6. The van der Waals surface area contributed by atoms with Gasteiger partial charge < -0.3 is 15.0 Å². The molecule has 5 nitrogen and oxygen atoms in total. The first-order valence-corrected chi connectivity index (χ1v) is 11.2. The van der Waals surface area contributed by atoms with E-state index < -0.39 is 6.04 Å². The molecule has 1 unspecified atom stereocenters. The number of rotatable bonds is 11. The quantitative estimate of drug-likeness (QED) is 0.487. The molecule has 1 atom stereocenters. The van der Waals surface area contributed by atoms with Crippen molar-refractivity contribution in [2.24, 2.45) is 0 Å². The van der Waals surface area contributed by atoms with Crippen LogP contribution in [-0.4, -0.2) is 42.5 Å². The van der Waals surface area contributed by atoms with Gasteiger partial charge in [-0.1, -0.05) is 59.6 Å². The highest BCUT2D eigenvalue weighted by Crippen LogP contribution is 2.21. The number of benzene rings is 2. The van der Waals surface area contributed by atoms with Crippen molar-refractivity contribution in [3.05, 3.63) is 64.1 Å². The van der Waals surface area contributed by atoms with E-state index in [0.717, 1.165) is 28.4 Å². The number of carbonyl (C=O) groups excluding carboxylic acids is 2. The Balaban J connectivity index is 2.04. The number of halogens is 1. The largest absolute Gasteiger partial charge is 0.484 e. The van der Waals surface area contributed by atoms with Crippen LogP contribution >= 0.6 is 15.9 Å². The molecule has 2 rings (SSSR count). The first-order chi connectivity index (χ1) is 14.4. The van der Waals surface area contributed by atoms with Crippen LogP contribution in [0.3, 0.4) is 0 Å². The second kappa shape index (κ2) is 12.4. The van der Waals surface area contributed by atoms with Crippen molar-refractivity contribution >= 4 is 27.7 Å². The molecular weight excluding hydrogens is 444 g/mol. The third-order valence-corrected chi connectivity index (χ3v) is 5.86. The summed E-state index contributed by atoms with van der Waals surface area (Å²) in [6.07, 6.45) is 2.60. The van der Waals surface area contributed by atoms with Crippen LogP contribution in [-0.2, 0) is 16.0 Å². The SMILES string of the molecule is CCCCNC(=O)C(C)N(CCc1ccccc1)C(=O)COc1ccc(Br)c(C)c1. The molecule has 0 aliphatic rings. The maximum absolute atomic E-state index is 13.0. The summed E-state index contributed by atoms with van der Waals surface area (Å²) in [6, 6.07) is 15.0. The van der Waals surface area contributed by atoms with E-state index in [9.17, 15) is 9.59 Å². The summed E-state index contributed by atoms with van der Waals surface area (Å²) in [5, 5.41) is 2.93. The third kappa shape index (κ3) is 7.48. The average Bonchev–Trinajstić information content (AvgIpc) is 2.75. The molecule has 0 fully saturated rings. The predicted molar refractivity (Wildman–Crippen MR) is 124 cm³/mol. The van der Waals surface area contributed by atoms with Gasteiger partial charge in [0.25, 0.3) is 5.91 Å². The van der Waals surface area contributed by atoms with Gasteiger partial charge in [0.1, 0.15) is 11.8 Å². The van der Waals surface area contributed by atoms with E-state index in [1.54, 1.807) is 11.8 Å². The van der Waals surface area contributed by atoms with Crippen LogP contribution in [0.15, 0.2) is 53.0 Å². The number of nitrogens with zero attached hydrogens (tertiary/aromatic N) is 1. The van der Waals surface area contributed by atoms with Crippen LogP contribution in [0.4, 0.5) is 0 Å². The van der Waals surface area contributed by atoms with Gasteiger partial charge >= 0.3 is 0 Å². The van der Waals surface area contributed by atoms with Crippen molar-refractivity contribution in [2.75, 3.05) is 19.7 Å². The molecule has 0 aromatic heterocycles. The van der Waals surface area contributed by atoms with Crippen molar-refractivity contribution in [1.82, 2.24) is 10.2 Å². The van der Waals surface area contributed by atoms with E-state index >= 15 is 0 Å². The van der Waals surface area contributed by atoms with E-state index in [1.165, 1.54) is 0 Å². The highest BCUT2D eigenvalue weighted by Gasteiger charge is 2.26. The Morgan fingerprint density at radius 3 is 2.57 bits per heavy atom. The summed E-state index contributed by atoms with van der Waals surface area (Å²) in [5.41, 5.74) is 2.16. The molecule has 0 bridgehead atoms. The van der Waals surface area contributed by atoms with Crippen LogP contribution < -0.4 is 10.1 Å². The second-order valence-electron chi connectivity index (χ2n) is 7.34. The van der Waals surface area contributed by atoms with Crippen molar-refractivity contribution in [3.8, 4) is 5.75 Å². The van der Waals surface area contributed by atoms with Crippen molar-refractivity contribution < 1.29 is 14.3 Å². The number of unbranched alkanes of at least 4 members (excludes halogenated alkanes) is 1. The van der Waals surface area contributed by atoms with E-state index in [2.05, 4.69) is 28.2 Å². The van der Waals surface area contributed by atoms with E-state index in [0.29, 0.717) is 25.3 Å². The predicted octanol–water partition coefficient (Wildman–Crippen LogP) is 4.51. The molecule has 1 N–H and O–H groups in total. The van der Waals surface area contributed by atoms with E-state index in [4.69, 9.17) is 4.74 Å². The number of ether oxygens (including phenoxy) is 1. The number of hydrogen-bond acceptors (Lipinski definition) is 3. The topological polar surface area (TPSA) is 58.6 Å². The van der Waals surface area contributed by atoms with Crippen LogP contribution in [0, 0.1) is 6.92 Å². The Kier molecular flexibility index (Phi) is 9.87. The Morgan fingerprint density at radius 1 is 1.17 bits per heavy atom. The third-order valence-electron chi connectivity index (χ3n) is 4.97. The fourth-order valence-electron chi connectivity index (χ4n) is 3.04. The molecule has 0 saturated heterocycles. The molecule has 2 amide bonds. The summed E-state index contributed by atoms with van der Waals surface area (Å²) in [7, 11) is 0. The van der Waals surface area contributed by atoms with Gasteiger partial charge in [-0.05, 0) is 56.0 Å². The first kappa shape index (κ1) is 23.9. The molecule has 2 aromatic rings. The smallest absolute Gasteiger partial charge is 0.261 e. The first-order valence-electron chi connectivity index (χ1n) is 10.4. The Hall–Kier alpha value is -2.34. The lowest BCUT2D eigenvalue weighted by Crippen LogP contribution is -2.50. The summed E-state index contributed by atoms with van der Waals surface area (Å²) < 4.78 is 6.71. The van der Waals surface area contributed by atoms with Gasteiger partial charge in [0, 0.05) is 17.6 Å². The number of carbonyl (C=O) groups is 2. The summed E-state index contributed by atoms with van der Waals surface area (Å²) in [4.78, 5) is 27.2. The minimum atomic E-state index is -0.562. The molecule has 162 valence electrons. The van der Waals surface area contributed by atoms with E-state index in [-0.39, 0.29) is 18.4 Å². The number of hydrogen-bond donors (Lipinski definition) is 1. The molecule has 0 aliphatic heterocycles. The number of amides is 2. The molecule has 6 heteroatoms. The van der Waals surface area contributed by atoms with Gasteiger partial charge in [0.2, 0.25) is 5.91 Å². The van der Waals surface area contributed by atoms with Crippen LogP contribution in [0.5, 0.6) is 5.75 Å². The molecule has 0 saturated carbocycles. The van der Waals surface area contributed by atoms with Gasteiger partial charge in [-0.25, -0.2) is 0 Å². The zero-order chi connectivity index (χ0) is 21.9.